The van der Waals surface area contributed by atoms with Crippen LogP contribution in [0.5, 0.6) is 23.0 Å². The second-order valence-electron chi connectivity index (χ2n) is 39.8. The van der Waals surface area contributed by atoms with E-state index < -0.39 is 16.2 Å². The van der Waals surface area contributed by atoms with Crippen molar-refractivity contribution in [3.8, 4) is 57.1 Å². The van der Waals surface area contributed by atoms with Crippen LogP contribution in [-0.4, -0.2) is 27.4 Å². The van der Waals surface area contributed by atoms with E-state index in [1.165, 1.54) is 224 Å². The number of hydrogen-bond acceptors (Lipinski definition) is 3. The summed E-state index contributed by atoms with van der Waals surface area (Å²) in [4.78, 5) is 2.64. The minimum atomic E-state index is -0.622. The Hall–Kier alpha value is -18.7. The third kappa shape index (κ3) is 10.3. The van der Waals surface area contributed by atoms with Gasteiger partial charge in [0.2, 0.25) is 0 Å². The van der Waals surface area contributed by atoms with Gasteiger partial charge >= 0.3 is 0 Å². The van der Waals surface area contributed by atoms with Crippen LogP contribution in [0.15, 0.2) is 507 Å². The van der Waals surface area contributed by atoms with Crippen LogP contribution in [0.1, 0.15) is 66.8 Å². The molecule has 0 aliphatic carbocycles. The van der Waals surface area contributed by atoms with Gasteiger partial charge in [0, 0.05) is 108 Å². The standard InChI is InChI=1S/2C47H28N2O.C43H26N2S/c1-2-13-30-26-31(25-24-29(30)12-1)48-40-20-7-4-15-33(40)35-27-45-39(28-43(35)48)47(37-18-6-10-23-44(37)50-45)36-17-5-9-22-42(36)49-41-21-8-3-14-32(41)34-16-11-19-38(47)46(34)49;1-2-13-30-28-31(25-24-29(30)12-1)48-40-21-8-4-15-34(40)44-42(48)27-26-38-46(44)50-43-23-10-6-18-36(43)47(38)35-17-5-9-22-41(35)49-39-20-7-3-14-32(39)33-16-11-19-37(47)45(33)49;1-2-13-27(14-3-1)44-36-21-8-4-16-29(36)31-25-26-35-42(41(31)44)46-39-24-11-7-19-33(39)43(35)32-18-6-10-23-38(32)45-37-22-9-5-15-28(37)30-17-12-20-34(43)40(30)45/h2*1-28H;1-26H. The third-order valence-electron chi connectivity index (χ3n) is 33.0. The normalized spacial score (nSPS) is 16.0. The minimum Gasteiger partial charge on any atom is -0.457 e. The number of ether oxygens (including phenoxy) is 2. The van der Waals surface area contributed by atoms with E-state index in [1.54, 1.807) is 0 Å². The Morgan fingerprint density at radius 2 is 0.534 bits per heavy atom. The molecule has 6 aliphatic rings. The zero-order valence-corrected chi connectivity index (χ0v) is 79.6. The number of aromatic nitrogens is 6. The van der Waals surface area contributed by atoms with E-state index in [-0.39, 0.29) is 0 Å². The average molecular weight is 1880 g/mol. The Balaban J connectivity index is 0.0000000958. The summed E-state index contributed by atoms with van der Waals surface area (Å²) < 4.78 is 29.0. The first-order valence-corrected chi connectivity index (χ1v) is 51.2. The highest BCUT2D eigenvalue weighted by Gasteiger charge is 2.55. The summed E-state index contributed by atoms with van der Waals surface area (Å²) in [6.45, 7) is 0. The Bertz CT molecular complexity index is 10800. The lowest BCUT2D eigenvalue weighted by Crippen LogP contribution is -2.37. The van der Waals surface area contributed by atoms with Crippen molar-refractivity contribution < 1.29 is 9.47 Å². The Morgan fingerprint density at radius 1 is 0.171 bits per heavy atom. The van der Waals surface area contributed by atoms with Crippen LogP contribution in [-0.2, 0) is 16.2 Å². The molecule has 12 heterocycles. The molecule has 0 fully saturated rings. The van der Waals surface area contributed by atoms with Crippen LogP contribution in [0.3, 0.4) is 0 Å². The maximum absolute atomic E-state index is 7.18. The van der Waals surface area contributed by atoms with E-state index in [0.717, 1.165) is 61.9 Å². The predicted molar refractivity (Wildman–Crippen MR) is 600 cm³/mol. The van der Waals surface area contributed by atoms with Gasteiger partial charge in [0.05, 0.1) is 105 Å². The van der Waals surface area contributed by atoms with Gasteiger partial charge in [0.25, 0.3) is 0 Å². The fourth-order valence-corrected chi connectivity index (χ4v) is 28.8. The molecule has 0 amide bonds. The zero-order chi connectivity index (χ0) is 95.1. The number of para-hydroxylation sites is 15. The molecule has 0 saturated heterocycles. The lowest BCUT2D eigenvalue weighted by molar-refractivity contribution is 0.435. The summed E-state index contributed by atoms with van der Waals surface area (Å²) in [6, 6.07) is 183. The number of fused-ring (bicyclic) bond motifs is 46. The molecule has 8 nitrogen and oxygen atoms in total. The highest BCUT2D eigenvalue weighted by molar-refractivity contribution is 7.99. The molecule has 146 heavy (non-hydrogen) atoms. The molecule has 9 heteroatoms. The number of hydrogen-bond donors (Lipinski definition) is 0. The molecule has 3 spiro atoms. The van der Waals surface area contributed by atoms with Crippen molar-refractivity contribution in [3.63, 3.8) is 0 Å². The van der Waals surface area contributed by atoms with Crippen molar-refractivity contribution in [2.75, 3.05) is 0 Å². The van der Waals surface area contributed by atoms with Crippen molar-refractivity contribution in [2.24, 2.45) is 0 Å². The molecule has 35 rings (SSSR count). The fraction of sp³-hybridized carbons (Fsp3) is 0.0219. The lowest BCUT2D eigenvalue weighted by atomic mass is 9.61. The van der Waals surface area contributed by atoms with E-state index in [2.05, 4.69) is 525 Å². The molecule has 0 N–H and O–H groups in total. The molecule has 0 radical (unpaired) electrons. The molecule has 6 aliphatic heterocycles. The van der Waals surface area contributed by atoms with E-state index in [9.17, 15) is 0 Å². The molecule has 23 aromatic carbocycles. The topological polar surface area (TPSA) is 48.0 Å². The molecular formula is C137H82N6O2S. The molecule has 0 bridgehead atoms. The first kappa shape index (κ1) is 80.0. The van der Waals surface area contributed by atoms with Gasteiger partial charge < -0.3 is 36.9 Å². The first-order chi connectivity index (χ1) is 72.5. The van der Waals surface area contributed by atoms with Crippen LogP contribution in [0.4, 0.5) is 0 Å². The quantitative estimate of drug-likeness (QED) is 0.177. The largest absolute Gasteiger partial charge is 0.457 e. The fourth-order valence-electron chi connectivity index (χ4n) is 27.5. The van der Waals surface area contributed by atoms with E-state index in [1.807, 2.05) is 11.8 Å². The van der Waals surface area contributed by atoms with Gasteiger partial charge in [0.1, 0.15) is 23.0 Å². The van der Waals surface area contributed by atoms with Crippen molar-refractivity contribution in [1.29, 1.82) is 0 Å². The van der Waals surface area contributed by atoms with Crippen LogP contribution >= 0.6 is 11.8 Å². The van der Waals surface area contributed by atoms with E-state index in [4.69, 9.17) is 9.47 Å². The molecule has 678 valence electrons. The van der Waals surface area contributed by atoms with Crippen molar-refractivity contribution >= 4 is 164 Å². The monoisotopic (exact) mass is 1870 g/mol. The summed E-state index contributed by atoms with van der Waals surface area (Å²) in [5.41, 5.74) is 35.2. The maximum Gasteiger partial charge on any atom is 0.142 e. The molecule has 6 aromatic heterocycles. The van der Waals surface area contributed by atoms with E-state index in [0.29, 0.717) is 0 Å². The van der Waals surface area contributed by atoms with Gasteiger partial charge in [-0.25, -0.2) is 0 Å². The molecule has 3 unspecified atom stereocenters. The molecular weight excluding hydrogens is 1790 g/mol. The zero-order valence-electron chi connectivity index (χ0n) is 78.8. The first-order valence-electron chi connectivity index (χ1n) is 50.4. The molecule has 29 aromatic rings. The van der Waals surface area contributed by atoms with Gasteiger partial charge in [-0.15, -0.1) is 0 Å². The average Bonchev–Trinajstić information content (AvgIpc) is 0.974. The number of benzene rings is 23. The summed E-state index contributed by atoms with van der Waals surface area (Å²) in [7, 11) is 0. The Labute approximate surface area is 842 Å². The summed E-state index contributed by atoms with van der Waals surface area (Å²) in [5.74, 6) is 3.61. The van der Waals surface area contributed by atoms with E-state index >= 15 is 0 Å². The van der Waals surface area contributed by atoms with Crippen molar-refractivity contribution in [2.45, 2.75) is 26.0 Å². The highest BCUT2D eigenvalue weighted by Crippen LogP contribution is 2.67. The van der Waals surface area contributed by atoms with Crippen LogP contribution in [0.2, 0.25) is 0 Å². The smallest absolute Gasteiger partial charge is 0.142 e. The van der Waals surface area contributed by atoms with Gasteiger partial charge in [0.15, 0.2) is 0 Å². The van der Waals surface area contributed by atoms with Crippen LogP contribution < -0.4 is 9.47 Å². The van der Waals surface area contributed by atoms with Gasteiger partial charge in [-0.05, 0) is 193 Å². The lowest BCUT2D eigenvalue weighted by Gasteiger charge is -2.45. The minimum absolute atomic E-state index is 0.496. The van der Waals surface area contributed by atoms with Crippen LogP contribution in [0, 0.1) is 0 Å². The van der Waals surface area contributed by atoms with Gasteiger partial charge in [-0.3, -0.25) is 0 Å². The SMILES string of the molecule is c1ccc(-n2c3ccccc3c3ccc4c(c32)Sc2ccccc2C42c3ccccc3-n3c4ccccc4c4cccc2c43)cc1.c1ccc2c(c1)Oc1c(ccc3c1c1ccccc1n3-c1ccc3ccccc3c1)C21c2ccccc2-n2c3ccccc3c3cccc1c32.c1ccc2c(c1)Oc1cc3c4ccccc4n(-c4ccc5ccccc5c4)c3cc1C21c2ccccc2-n2c3ccccc3c3cccc1c32. The molecule has 0 saturated carbocycles. The number of nitrogens with zero attached hydrogens (tertiary/aromatic N) is 6. The van der Waals surface area contributed by atoms with Crippen LogP contribution in [0.25, 0.3) is 187 Å². The van der Waals surface area contributed by atoms with Crippen molar-refractivity contribution in [3.05, 3.63) is 564 Å². The van der Waals surface area contributed by atoms with Crippen molar-refractivity contribution in [1.82, 2.24) is 27.4 Å². The maximum atomic E-state index is 7.18. The second kappa shape index (κ2) is 29.7. The van der Waals surface area contributed by atoms with Gasteiger partial charge in [-0.1, -0.05) is 382 Å². The molecule has 3 atom stereocenters. The van der Waals surface area contributed by atoms with Gasteiger partial charge in [-0.2, -0.15) is 0 Å². The Kier molecular flexibility index (Phi) is 16.3. The second-order valence-corrected chi connectivity index (χ2v) is 40.8. The summed E-state index contributed by atoms with van der Waals surface area (Å²) in [6.07, 6.45) is 0. The third-order valence-corrected chi connectivity index (χ3v) is 34.2. The Morgan fingerprint density at radius 3 is 1.05 bits per heavy atom. The number of rotatable bonds is 3. The summed E-state index contributed by atoms with van der Waals surface area (Å²) in [5, 5.41) is 19.9. The predicted octanol–water partition coefficient (Wildman–Crippen LogP) is 34.7. The summed E-state index contributed by atoms with van der Waals surface area (Å²) >= 11 is 1.93. The highest BCUT2D eigenvalue weighted by atomic mass is 32.2.